The van der Waals surface area contributed by atoms with Crippen LogP contribution in [0, 0.1) is 11.8 Å². The van der Waals surface area contributed by atoms with Gasteiger partial charge in [-0.25, -0.2) is 14.6 Å². The number of aromatic nitrogens is 2. The summed E-state index contributed by atoms with van der Waals surface area (Å²) in [5.74, 6) is -0.0443. The van der Waals surface area contributed by atoms with Gasteiger partial charge in [-0.2, -0.15) is 0 Å². The molecule has 4 N–H and O–H groups in total. The molecule has 1 aliphatic heterocycles. The van der Waals surface area contributed by atoms with Gasteiger partial charge in [0, 0.05) is 62.1 Å². The first-order valence-electron chi connectivity index (χ1n) is 19.4. The predicted molar refractivity (Wildman–Crippen MR) is 215 cm³/mol. The second-order valence-electron chi connectivity index (χ2n) is 15.0. The fourth-order valence-corrected chi connectivity index (χ4v) is 8.06. The molecule has 3 heterocycles. The maximum absolute atomic E-state index is 14.4. The number of urea groups is 1. The fraction of sp³-hybridized carbons (Fsp3) is 0.405. The lowest BCUT2D eigenvalue weighted by Gasteiger charge is -2.36. The average Bonchev–Trinajstić information content (AvgIpc) is 3.53. The summed E-state index contributed by atoms with van der Waals surface area (Å²) in [4.78, 5) is 52.8. The zero-order chi connectivity index (χ0) is 38.9. The number of para-hydroxylation sites is 1. The number of hydrogen-bond acceptors (Lipinski definition) is 7. The van der Waals surface area contributed by atoms with Gasteiger partial charge in [-0.15, -0.1) is 0 Å². The van der Waals surface area contributed by atoms with E-state index < -0.39 is 24.3 Å². The third kappa shape index (κ3) is 9.89. The van der Waals surface area contributed by atoms with Crippen molar-refractivity contribution in [3.63, 3.8) is 0 Å². The Morgan fingerprint density at radius 2 is 1.75 bits per heavy atom. The third-order valence-corrected chi connectivity index (χ3v) is 11.1. The number of nitrogens with one attached hydrogen (secondary N) is 2. The molecule has 288 valence electrons. The Morgan fingerprint density at radius 3 is 2.47 bits per heavy atom. The number of amides is 4. The topological polar surface area (TPSA) is 151 Å². The van der Waals surface area contributed by atoms with E-state index in [-0.39, 0.29) is 42.1 Å². The van der Waals surface area contributed by atoms with E-state index in [2.05, 4.69) is 40.7 Å². The maximum atomic E-state index is 14.4. The van der Waals surface area contributed by atoms with Gasteiger partial charge in [-0.3, -0.25) is 20.2 Å². The Labute approximate surface area is 324 Å². The van der Waals surface area contributed by atoms with Gasteiger partial charge in [0.05, 0.1) is 17.7 Å². The van der Waals surface area contributed by atoms with Gasteiger partial charge < -0.3 is 25.3 Å². The fourth-order valence-electron chi connectivity index (χ4n) is 8.06. The van der Waals surface area contributed by atoms with Crippen molar-refractivity contribution in [1.82, 2.24) is 35.5 Å². The van der Waals surface area contributed by atoms with Crippen molar-refractivity contribution in [1.29, 1.82) is 0 Å². The van der Waals surface area contributed by atoms with Crippen LogP contribution in [0.3, 0.4) is 0 Å². The smallest absolute Gasteiger partial charge is 0.419 e. The van der Waals surface area contributed by atoms with E-state index in [0.29, 0.717) is 39.0 Å². The molecule has 0 bridgehead atoms. The van der Waals surface area contributed by atoms with Crippen LogP contribution in [0.2, 0.25) is 5.82 Å². The highest BCUT2D eigenvalue weighted by Crippen LogP contribution is 2.37. The van der Waals surface area contributed by atoms with Crippen LogP contribution in [0.5, 0.6) is 0 Å². The molecule has 2 aromatic heterocycles. The van der Waals surface area contributed by atoms with Crippen LogP contribution in [0.25, 0.3) is 10.9 Å². The Kier molecular flexibility index (Phi) is 13.2. The van der Waals surface area contributed by atoms with Gasteiger partial charge >= 0.3 is 12.1 Å². The van der Waals surface area contributed by atoms with Crippen LogP contribution in [0.15, 0.2) is 103 Å². The molecular weight excluding hydrogens is 693 g/mol. The highest BCUT2D eigenvalue weighted by atomic mass is 16.4. The van der Waals surface area contributed by atoms with Crippen molar-refractivity contribution < 1.29 is 24.6 Å². The molecule has 55 heavy (non-hydrogen) atoms. The molecule has 2 aromatic carbocycles. The molecule has 1 fully saturated rings. The predicted octanol–water partition coefficient (Wildman–Crippen LogP) is 4.64. The Hall–Kier alpha value is -5.27. The van der Waals surface area contributed by atoms with Crippen molar-refractivity contribution in [3.8, 4) is 0 Å². The molecule has 1 aliphatic carbocycles. The van der Waals surface area contributed by atoms with Gasteiger partial charge in [0.15, 0.2) is 0 Å². The molecular formula is C42H52BN7O5. The average molecular weight is 746 g/mol. The number of hydrogen-bond donors (Lipinski definition) is 4. The number of carbonyl (C=O) groups excluding carboxylic acids is 2. The van der Waals surface area contributed by atoms with Crippen LogP contribution >= 0.6 is 0 Å². The largest absolute Gasteiger partial charge is 0.464 e. The van der Waals surface area contributed by atoms with Crippen molar-refractivity contribution in [2.24, 2.45) is 11.8 Å². The van der Waals surface area contributed by atoms with Crippen LogP contribution in [-0.2, 0) is 17.8 Å². The lowest BCUT2D eigenvalue weighted by molar-refractivity contribution is -0.128. The van der Waals surface area contributed by atoms with Crippen LogP contribution in [0.4, 0.5) is 9.59 Å². The Bertz CT molecular complexity index is 1930. The van der Waals surface area contributed by atoms with Gasteiger partial charge in [0.1, 0.15) is 13.9 Å². The number of nitrogens with zero attached hydrogens (tertiary/aromatic N) is 5. The van der Waals surface area contributed by atoms with Gasteiger partial charge in [-0.1, -0.05) is 92.8 Å². The minimum absolute atomic E-state index is 0.0280. The van der Waals surface area contributed by atoms with E-state index in [0.717, 1.165) is 34.1 Å². The lowest BCUT2D eigenvalue weighted by atomic mass is 9.67. The number of hydrazine groups is 1. The van der Waals surface area contributed by atoms with Crippen LogP contribution in [-0.4, -0.2) is 105 Å². The number of carboxylic acid groups (broad SMARTS) is 1. The van der Waals surface area contributed by atoms with Crippen LogP contribution in [0.1, 0.15) is 49.4 Å². The summed E-state index contributed by atoms with van der Waals surface area (Å²) < 4.78 is 0. The molecule has 0 spiro atoms. The number of fused-ring (bicyclic) bond motifs is 1. The van der Waals surface area contributed by atoms with Crippen molar-refractivity contribution >= 4 is 36.8 Å². The molecule has 7 atom stereocenters. The standard InChI is InChI=1S/C42H52BN7O5/c1-3-28(2)39(50-22-21-48(42(50)55)26-31-18-20-45-35-14-8-7-13-32(31)35)40(52)46-37(24-29-11-5-4-6-12-29)38(51)27-49(47-41(53)54)25-30-16-17-33(34(43)23-30)36-15-9-10-19-44-36/h4-20,28,30,33-34,37-39,47,51H,3,21-27,43H2,1-2H3,(H,46,52)(H,53,54)/t28-,30?,33?,34-,37-,38-,39-/m0/s1. The zero-order valence-electron chi connectivity index (χ0n) is 31.9. The quantitative estimate of drug-likeness (QED) is 0.0737. The lowest BCUT2D eigenvalue weighted by Crippen LogP contribution is -2.58. The summed E-state index contributed by atoms with van der Waals surface area (Å²) in [7, 11) is 2.17. The first-order valence-corrected chi connectivity index (χ1v) is 19.4. The molecule has 12 nitrogen and oxygen atoms in total. The molecule has 0 saturated carbocycles. The Balaban J connectivity index is 1.17. The van der Waals surface area contributed by atoms with E-state index in [1.165, 1.54) is 5.01 Å². The van der Waals surface area contributed by atoms with Crippen molar-refractivity contribution in [2.45, 2.75) is 69.6 Å². The third-order valence-electron chi connectivity index (χ3n) is 11.1. The van der Waals surface area contributed by atoms with Crippen molar-refractivity contribution in [3.05, 3.63) is 120 Å². The molecule has 0 radical (unpaired) electrons. The molecule has 2 unspecified atom stereocenters. The van der Waals surface area contributed by atoms with Crippen LogP contribution < -0.4 is 10.7 Å². The second kappa shape index (κ2) is 18.4. The van der Waals surface area contributed by atoms with Gasteiger partial charge in [0.2, 0.25) is 5.91 Å². The summed E-state index contributed by atoms with van der Waals surface area (Å²) in [6.45, 7) is 5.50. The first-order chi connectivity index (χ1) is 26.6. The van der Waals surface area contributed by atoms with E-state index >= 15 is 0 Å². The zero-order valence-corrected chi connectivity index (χ0v) is 31.9. The number of rotatable bonds is 16. The number of benzene rings is 2. The van der Waals surface area contributed by atoms with Gasteiger partial charge in [0.25, 0.3) is 0 Å². The van der Waals surface area contributed by atoms with E-state index in [1.807, 2.05) is 92.7 Å². The normalized spacial score (nSPS) is 20.7. The minimum Gasteiger partial charge on any atom is -0.464 e. The Morgan fingerprint density at radius 1 is 0.982 bits per heavy atom. The SMILES string of the molecule is B[C@H]1CC(CN(C[C@H](O)[C@H](Cc2ccccc2)NC(=O)[C@H]([C@@H](C)CC)N2CCN(Cc3ccnc4ccccc34)C2=O)NC(=O)O)C=CC1c1ccccn1. The summed E-state index contributed by atoms with van der Waals surface area (Å²) in [6.07, 6.45) is 7.19. The number of allylic oxidation sites excluding steroid dienone is 1. The highest BCUT2D eigenvalue weighted by molar-refractivity contribution is 6.12. The van der Waals surface area contributed by atoms with E-state index in [4.69, 9.17) is 0 Å². The van der Waals surface area contributed by atoms with E-state index in [9.17, 15) is 24.6 Å². The molecule has 2 aliphatic rings. The summed E-state index contributed by atoms with van der Waals surface area (Å²) >= 11 is 0. The summed E-state index contributed by atoms with van der Waals surface area (Å²) in [5.41, 5.74) is 6.25. The summed E-state index contributed by atoms with van der Waals surface area (Å²) in [5, 5.41) is 27.3. The maximum Gasteiger partial charge on any atom is 0.419 e. The molecule has 4 aromatic rings. The van der Waals surface area contributed by atoms with E-state index in [1.54, 1.807) is 22.2 Å². The monoisotopic (exact) mass is 745 g/mol. The minimum atomic E-state index is -1.23. The molecule has 4 amide bonds. The number of carbonyl (C=O) groups is 3. The van der Waals surface area contributed by atoms with Gasteiger partial charge in [-0.05, 0) is 60.1 Å². The molecule has 6 rings (SSSR count). The number of aliphatic hydroxyl groups is 1. The molecule has 1 saturated heterocycles. The number of pyridine rings is 2. The highest BCUT2D eigenvalue weighted by Gasteiger charge is 2.41. The van der Waals surface area contributed by atoms with Crippen molar-refractivity contribution in [2.75, 3.05) is 26.2 Å². The molecule has 13 heteroatoms. The number of aliphatic hydroxyl groups excluding tert-OH is 1. The second-order valence-corrected chi connectivity index (χ2v) is 15.0. The summed E-state index contributed by atoms with van der Waals surface area (Å²) in [6, 6.07) is 23.5. The first kappa shape index (κ1) is 39.4.